The van der Waals surface area contributed by atoms with Gasteiger partial charge in [-0.2, -0.15) is 0 Å². The van der Waals surface area contributed by atoms with E-state index < -0.39 is 0 Å². The molecular weight excluding hydrogens is 208 g/mol. The third-order valence-electron chi connectivity index (χ3n) is 3.79. The Bertz CT molecular complexity index is 199. The quantitative estimate of drug-likeness (QED) is 0.665. The smallest absolute Gasteiger partial charge is 0.0224 e. The lowest BCUT2D eigenvalue weighted by Gasteiger charge is -2.36. The van der Waals surface area contributed by atoms with Crippen LogP contribution in [0.3, 0.4) is 0 Å². The van der Waals surface area contributed by atoms with Crippen LogP contribution in [0.4, 0.5) is 0 Å². The maximum atomic E-state index is 3.71. The van der Waals surface area contributed by atoms with Crippen molar-refractivity contribution in [2.75, 3.05) is 13.1 Å². The Morgan fingerprint density at radius 2 is 1.82 bits per heavy atom. The molecule has 2 unspecified atom stereocenters. The predicted octanol–water partition coefficient (Wildman–Crippen LogP) is 3.27. The monoisotopic (exact) mass is 240 g/mol. The van der Waals surface area contributed by atoms with Gasteiger partial charge in [-0.1, -0.05) is 27.7 Å². The van der Waals surface area contributed by atoms with Crippen molar-refractivity contribution < 1.29 is 0 Å². The van der Waals surface area contributed by atoms with Gasteiger partial charge in [-0.3, -0.25) is 4.90 Å². The second kappa shape index (κ2) is 7.38. The summed E-state index contributed by atoms with van der Waals surface area (Å²) in [7, 11) is 0. The first-order valence-electron chi connectivity index (χ1n) is 7.59. The topological polar surface area (TPSA) is 15.3 Å². The number of nitrogens with zero attached hydrogens (tertiary/aromatic N) is 1. The fraction of sp³-hybridized carbons (Fsp3) is 1.00. The van der Waals surface area contributed by atoms with E-state index in [0.717, 1.165) is 18.5 Å². The summed E-state index contributed by atoms with van der Waals surface area (Å²) in [5.41, 5.74) is 0. The molecule has 0 amide bonds. The van der Waals surface area contributed by atoms with Crippen LogP contribution in [0.1, 0.15) is 60.3 Å². The van der Waals surface area contributed by atoms with Crippen molar-refractivity contribution in [3.63, 3.8) is 0 Å². The van der Waals surface area contributed by atoms with Crippen LogP contribution in [0.15, 0.2) is 0 Å². The van der Waals surface area contributed by atoms with Crippen molar-refractivity contribution in [3.8, 4) is 0 Å². The van der Waals surface area contributed by atoms with Crippen LogP contribution in [-0.4, -0.2) is 36.1 Å². The number of hydrogen-bond acceptors (Lipinski definition) is 2. The Morgan fingerprint density at radius 3 is 2.24 bits per heavy atom. The molecule has 0 bridgehead atoms. The van der Waals surface area contributed by atoms with Gasteiger partial charge in [0.1, 0.15) is 0 Å². The molecule has 1 N–H and O–H groups in total. The Morgan fingerprint density at radius 1 is 1.18 bits per heavy atom. The van der Waals surface area contributed by atoms with E-state index in [1.165, 1.54) is 32.2 Å². The molecule has 2 heteroatoms. The van der Waals surface area contributed by atoms with E-state index in [9.17, 15) is 0 Å². The van der Waals surface area contributed by atoms with Crippen LogP contribution < -0.4 is 5.32 Å². The highest BCUT2D eigenvalue weighted by Crippen LogP contribution is 2.30. The Kier molecular flexibility index (Phi) is 6.50. The third kappa shape index (κ3) is 4.97. The highest BCUT2D eigenvalue weighted by molar-refractivity contribution is 4.91. The maximum absolute atomic E-state index is 3.71. The molecule has 0 heterocycles. The van der Waals surface area contributed by atoms with E-state index >= 15 is 0 Å². The average Bonchev–Trinajstić information content (AvgIpc) is 3.10. The molecule has 0 saturated heterocycles. The van der Waals surface area contributed by atoms with Crippen molar-refractivity contribution in [1.29, 1.82) is 0 Å². The molecule has 0 spiro atoms. The van der Waals surface area contributed by atoms with E-state index in [4.69, 9.17) is 0 Å². The molecule has 0 aromatic heterocycles. The first kappa shape index (κ1) is 15.0. The summed E-state index contributed by atoms with van der Waals surface area (Å²) in [6, 6.07) is 2.22. The minimum atomic E-state index is 0.661. The first-order valence-corrected chi connectivity index (χ1v) is 7.59. The van der Waals surface area contributed by atoms with Crippen molar-refractivity contribution in [3.05, 3.63) is 0 Å². The summed E-state index contributed by atoms with van der Waals surface area (Å²) in [4.78, 5) is 2.75. The largest absolute Gasteiger partial charge is 0.312 e. The Labute approximate surface area is 108 Å². The Hall–Kier alpha value is -0.0800. The molecule has 1 fully saturated rings. The van der Waals surface area contributed by atoms with Gasteiger partial charge in [-0.05, 0) is 45.1 Å². The summed E-state index contributed by atoms with van der Waals surface area (Å²) in [6.45, 7) is 14.1. The van der Waals surface area contributed by atoms with Crippen molar-refractivity contribution >= 4 is 0 Å². The highest BCUT2D eigenvalue weighted by Gasteiger charge is 2.34. The van der Waals surface area contributed by atoms with Gasteiger partial charge < -0.3 is 5.32 Å². The lowest BCUT2D eigenvalue weighted by atomic mass is 10.0. The number of hydrogen-bond donors (Lipinski definition) is 1. The van der Waals surface area contributed by atoms with Crippen LogP contribution in [0.25, 0.3) is 0 Å². The summed E-state index contributed by atoms with van der Waals surface area (Å²) >= 11 is 0. The first-order chi connectivity index (χ1) is 8.10. The molecule has 0 aromatic rings. The van der Waals surface area contributed by atoms with Crippen molar-refractivity contribution in [1.82, 2.24) is 10.2 Å². The number of nitrogens with one attached hydrogen (secondary N) is 1. The maximum Gasteiger partial charge on any atom is 0.0224 e. The van der Waals surface area contributed by atoms with Gasteiger partial charge in [0.05, 0.1) is 0 Å². The average molecular weight is 240 g/mol. The zero-order valence-corrected chi connectivity index (χ0v) is 12.5. The predicted molar refractivity (Wildman–Crippen MR) is 76.4 cm³/mol. The van der Waals surface area contributed by atoms with E-state index in [2.05, 4.69) is 44.8 Å². The minimum absolute atomic E-state index is 0.661. The van der Waals surface area contributed by atoms with Crippen LogP contribution in [-0.2, 0) is 0 Å². The zero-order chi connectivity index (χ0) is 12.8. The number of rotatable bonds is 9. The van der Waals surface area contributed by atoms with Crippen molar-refractivity contribution in [2.24, 2.45) is 5.92 Å². The highest BCUT2D eigenvalue weighted by atomic mass is 15.2. The summed E-state index contributed by atoms with van der Waals surface area (Å²) in [6.07, 6.45) is 5.31. The summed E-state index contributed by atoms with van der Waals surface area (Å²) in [5.74, 6) is 0.779. The molecule has 1 rings (SSSR count). The summed E-state index contributed by atoms with van der Waals surface area (Å²) < 4.78 is 0. The molecule has 102 valence electrons. The lowest BCUT2D eigenvalue weighted by molar-refractivity contribution is 0.140. The minimum Gasteiger partial charge on any atom is -0.312 e. The van der Waals surface area contributed by atoms with Gasteiger partial charge in [0, 0.05) is 24.7 Å². The lowest BCUT2D eigenvalue weighted by Crippen LogP contribution is -2.50. The molecule has 1 aliphatic carbocycles. The normalized spacial score (nSPS) is 19.9. The molecule has 0 aromatic carbocycles. The van der Waals surface area contributed by atoms with Gasteiger partial charge in [0.25, 0.3) is 0 Å². The van der Waals surface area contributed by atoms with Gasteiger partial charge in [-0.25, -0.2) is 0 Å². The van der Waals surface area contributed by atoms with Crippen LogP contribution in [0.5, 0.6) is 0 Å². The van der Waals surface area contributed by atoms with E-state index in [0.29, 0.717) is 12.1 Å². The SMILES string of the molecule is CCCNC(CC)C(C)N(CC(C)C)C1CC1. The fourth-order valence-electron chi connectivity index (χ4n) is 2.69. The van der Waals surface area contributed by atoms with Gasteiger partial charge in [-0.15, -0.1) is 0 Å². The molecular formula is C15H32N2. The molecule has 17 heavy (non-hydrogen) atoms. The molecule has 0 aliphatic heterocycles. The van der Waals surface area contributed by atoms with Crippen LogP contribution in [0.2, 0.25) is 0 Å². The fourth-order valence-corrected chi connectivity index (χ4v) is 2.69. The Balaban J connectivity index is 2.51. The third-order valence-corrected chi connectivity index (χ3v) is 3.79. The zero-order valence-electron chi connectivity index (χ0n) is 12.5. The van der Waals surface area contributed by atoms with E-state index in [1.807, 2.05) is 0 Å². The van der Waals surface area contributed by atoms with E-state index in [-0.39, 0.29) is 0 Å². The van der Waals surface area contributed by atoms with E-state index in [1.54, 1.807) is 0 Å². The molecule has 2 atom stereocenters. The van der Waals surface area contributed by atoms with Crippen molar-refractivity contribution in [2.45, 2.75) is 78.4 Å². The summed E-state index contributed by atoms with van der Waals surface area (Å²) in [5, 5.41) is 3.71. The van der Waals surface area contributed by atoms with Crippen LogP contribution >= 0.6 is 0 Å². The molecule has 0 radical (unpaired) electrons. The van der Waals surface area contributed by atoms with Gasteiger partial charge in [0.2, 0.25) is 0 Å². The second-order valence-corrected chi connectivity index (χ2v) is 6.03. The second-order valence-electron chi connectivity index (χ2n) is 6.03. The van der Waals surface area contributed by atoms with Gasteiger partial charge in [0.15, 0.2) is 0 Å². The molecule has 1 saturated carbocycles. The van der Waals surface area contributed by atoms with Gasteiger partial charge >= 0.3 is 0 Å². The van der Waals surface area contributed by atoms with Crippen LogP contribution in [0, 0.1) is 5.92 Å². The molecule has 2 nitrogen and oxygen atoms in total. The molecule has 1 aliphatic rings. The standard InChI is InChI=1S/C15H32N2/c1-6-10-16-15(7-2)13(5)17(11-12(3)4)14-8-9-14/h12-16H,6-11H2,1-5H3.